The zero-order valence-electron chi connectivity index (χ0n) is 18.1. The van der Waals surface area contributed by atoms with Crippen LogP contribution in [0.15, 0.2) is 42.0 Å². The number of benzene rings is 2. The molecule has 0 unspecified atom stereocenters. The van der Waals surface area contributed by atoms with Gasteiger partial charge < -0.3 is 24.6 Å². The maximum atomic E-state index is 11.3. The Kier molecular flexibility index (Phi) is 8.35. The van der Waals surface area contributed by atoms with Crippen molar-refractivity contribution in [2.45, 2.75) is 20.3 Å². The lowest BCUT2D eigenvalue weighted by Crippen LogP contribution is -2.15. The number of carbonyl (C=O) groups excluding carboxylic acids is 1. The van der Waals surface area contributed by atoms with Gasteiger partial charge in [0.05, 0.1) is 27.0 Å². The maximum Gasteiger partial charge on any atom is 0.325 e. The molecule has 6 heteroatoms. The minimum Gasteiger partial charge on any atom is -0.508 e. The first-order chi connectivity index (χ1) is 14.4. The molecular formula is C24H29NO5. The lowest BCUT2D eigenvalue weighted by molar-refractivity contribution is -0.138. The van der Waals surface area contributed by atoms with Gasteiger partial charge in [0.15, 0.2) is 0 Å². The van der Waals surface area contributed by atoms with Crippen LogP contribution in [-0.4, -0.2) is 38.9 Å². The molecule has 0 spiro atoms. The fraction of sp³-hybridized carbons (Fsp3) is 0.292. The topological polar surface area (TPSA) is 77.0 Å². The molecule has 0 fully saturated rings. The number of esters is 1. The quantitative estimate of drug-likeness (QED) is 0.355. The van der Waals surface area contributed by atoms with Crippen molar-refractivity contribution in [2.75, 3.05) is 33.2 Å². The number of phenols is 1. The van der Waals surface area contributed by atoms with E-state index in [1.165, 1.54) is 12.7 Å². The lowest BCUT2D eigenvalue weighted by Gasteiger charge is -2.12. The molecular weight excluding hydrogens is 382 g/mol. The molecule has 0 aliphatic heterocycles. The van der Waals surface area contributed by atoms with E-state index in [0.717, 1.165) is 16.7 Å². The highest BCUT2D eigenvalue weighted by Crippen LogP contribution is 2.31. The minimum atomic E-state index is -0.359. The van der Waals surface area contributed by atoms with Crippen LogP contribution in [0.4, 0.5) is 5.69 Å². The van der Waals surface area contributed by atoms with E-state index in [0.29, 0.717) is 23.6 Å². The summed E-state index contributed by atoms with van der Waals surface area (Å²) in [7, 11) is 4.51. The number of ether oxygens (including phenoxy) is 3. The molecule has 0 saturated heterocycles. The minimum absolute atomic E-state index is 0.0544. The molecule has 0 bridgehead atoms. The highest BCUT2D eigenvalue weighted by molar-refractivity contribution is 5.78. The second-order valence-corrected chi connectivity index (χ2v) is 6.92. The molecule has 0 radical (unpaired) electrons. The number of anilines is 1. The zero-order valence-corrected chi connectivity index (χ0v) is 18.1. The van der Waals surface area contributed by atoms with Crippen LogP contribution in [0, 0.1) is 0 Å². The Labute approximate surface area is 177 Å². The van der Waals surface area contributed by atoms with Crippen molar-refractivity contribution in [3.63, 3.8) is 0 Å². The van der Waals surface area contributed by atoms with E-state index in [-0.39, 0.29) is 18.3 Å². The van der Waals surface area contributed by atoms with Crippen molar-refractivity contribution in [3.8, 4) is 17.2 Å². The Hall–Kier alpha value is -3.41. The van der Waals surface area contributed by atoms with Crippen LogP contribution in [0.3, 0.4) is 0 Å². The molecule has 160 valence electrons. The third kappa shape index (κ3) is 6.30. The van der Waals surface area contributed by atoms with Gasteiger partial charge in [-0.15, -0.1) is 0 Å². The van der Waals surface area contributed by atoms with E-state index < -0.39 is 0 Å². The van der Waals surface area contributed by atoms with Crippen molar-refractivity contribution in [1.82, 2.24) is 0 Å². The summed E-state index contributed by atoms with van der Waals surface area (Å²) in [6, 6.07) is 8.96. The first-order valence-corrected chi connectivity index (χ1v) is 9.58. The lowest BCUT2D eigenvalue weighted by atomic mass is 10.00. The summed E-state index contributed by atoms with van der Waals surface area (Å²) in [5, 5.41) is 13.1. The SMILES string of the molecule is COC(=O)CNc1ccc(/C=C/c2cc(O)cc(OC)c2CC=C(C)C)cc1OC. The van der Waals surface area contributed by atoms with Crippen molar-refractivity contribution in [2.24, 2.45) is 0 Å². The zero-order chi connectivity index (χ0) is 22.1. The molecule has 0 aliphatic rings. The van der Waals surface area contributed by atoms with Crippen LogP contribution in [0.25, 0.3) is 12.2 Å². The number of hydrogen-bond acceptors (Lipinski definition) is 6. The summed E-state index contributed by atoms with van der Waals surface area (Å²) >= 11 is 0. The largest absolute Gasteiger partial charge is 0.508 e. The third-order valence-electron chi connectivity index (χ3n) is 4.49. The van der Waals surface area contributed by atoms with Gasteiger partial charge >= 0.3 is 5.97 Å². The standard InChI is InChI=1S/C24H29NO5/c1-16(2)6-10-20-18(13-19(26)14-22(20)28-3)9-7-17-8-11-21(23(12-17)29-4)25-15-24(27)30-5/h6-9,11-14,25-26H,10,15H2,1-5H3/b9-7+. The molecule has 0 heterocycles. The molecule has 2 aromatic carbocycles. The predicted octanol–water partition coefficient (Wildman–Crippen LogP) is 4.67. The second-order valence-electron chi connectivity index (χ2n) is 6.92. The van der Waals surface area contributed by atoms with Crippen LogP contribution in [-0.2, 0) is 16.0 Å². The van der Waals surface area contributed by atoms with Crippen molar-refractivity contribution >= 4 is 23.8 Å². The normalized spacial score (nSPS) is 10.6. The monoisotopic (exact) mass is 411 g/mol. The van der Waals surface area contributed by atoms with E-state index >= 15 is 0 Å². The second kappa shape index (κ2) is 11.0. The molecule has 0 aliphatic carbocycles. The number of rotatable bonds is 9. The summed E-state index contributed by atoms with van der Waals surface area (Å²) in [6.45, 7) is 4.15. The molecule has 0 amide bonds. The predicted molar refractivity (Wildman–Crippen MR) is 120 cm³/mol. The summed E-state index contributed by atoms with van der Waals surface area (Å²) < 4.78 is 15.5. The van der Waals surface area contributed by atoms with Gasteiger partial charge in [-0.25, -0.2) is 0 Å². The van der Waals surface area contributed by atoms with Gasteiger partial charge in [0, 0.05) is 11.6 Å². The summed E-state index contributed by atoms with van der Waals surface area (Å²) in [4.78, 5) is 11.3. The highest BCUT2D eigenvalue weighted by Gasteiger charge is 2.10. The summed E-state index contributed by atoms with van der Waals surface area (Å²) in [5.41, 5.74) is 4.68. The van der Waals surface area contributed by atoms with E-state index in [1.807, 2.05) is 44.2 Å². The average molecular weight is 411 g/mol. The van der Waals surface area contributed by atoms with Crippen molar-refractivity contribution in [3.05, 3.63) is 58.7 Å². The van der Waals surface area contributed by atoms with Gasteiger partial charge in [-0.2, -0.15) is 0 Å². The van der Waals surface area contributed by atoms with Gasteiger partial charge in [0.1, 0.15) is 23.8 Å². The summed E-state index contributed by atoms with van der Waals surface area (Å²) in [6.07, 6.45) is 6.70. The molecule has 0 saturated carbocycles. The Morgan fingerprint density at radius 3 is 2.40 bits per heavy atom. The average Bonchev–Trinajstić information content (AvgIpc) is 2.74. The van der Waals surface area contributed by atoms with Crippen LogP contribution >= 0.6 is 0 Å². The number of nitrogens with one attached hydrogen (secondary N) is 1. The van der Waals surface area contributed by atoms with E-state index in [4.69, 9.17) is 9.47 Å². The van der Waals surface area contributed by atoms with Crippen LogP contribution in [0.5, 0.6) is 17.2 Å². The van der Waals surface area contributed by atoms with E-state index in [2.05, 4.69) is 16.1 Å². The molecule has 30 heavy (non-hydrogen) atoms. The number of allylic oxidation sites excluding steroid dienone is 2. The molecule has 2 rings (SSSR count). The number of hydrogen-bond donors (Lipinski definition) is 2. The van der Waals surface area contributed by atoms with Crippen LogP contribution in [0.1, 0.15) is 30.5 Å². The fourth-order valence-electron chi connectivity index (χ4n) is 2.89. The van der Waals surface area contributed by atoms with Crippen molar-refractivity contribution < 1.29 is 24.1 Å². The van der Waals surface area contributed by atoms with E-state index in [1.54, 1.807) is 26.4 Å². The molecule has 0 aromatic heterocycles. The van der Waals surface area contributed by atoms with Gasteiger partial charge in [0.2, 0.25) is 0 Å². The Balaban J connectivity index is 2.33. The Morgan fingerprint density at radius 1 is 1.03 bits per heavy atom. The molecule has 0 atom stereocenters. The highest BCUT2D eigenvalue weighted by atomic mass is 16.5. The van der Waals surface area contributed by atoms with Crippen LogP contribution in [0.2, 0.25) is 0 Å². The molecule has 6 nitrogen and oxygen atoms in total. The maximum absolute atomic E-state index is 11.3. The smallest absolute Gasteiger partial charge is 0.325 e. The Morgan fingerprint density at radius 2 is 1.77 bits per heavy atom. The number of aromatic hydroxyl groups is 1. The van der Waals surface area contributed by atoms with Crippen molar-refractivity contribution in [1.29, 1.82) is 0 Å². The van der Waals surface area contributed by atoms with E-state index in [9.17, 15) is 9.90 Å². The fourth-order valence-corrected chi connectivity index (χ4v) is 2.89. The third-order valence-corrected chi connectivity index (χ3v) is 4.49. The molecule has 2 aromatic rings. The Bertz CT molecular complexity index is 943. The van der Waals surface area contributed by atoms with Gasteiger partial charge in [-0.1, -0.05) is 29.9 Å². The van der Waals surface area contributed by atoms with Gasteiger partial charge in [-0.3, -0.25) is 4.79 Å². The number of carbonyl (C=O) groups is 1. The summed E-state index contributed by atoms with van der Waals surface area (Å²) in [5.74, 6) is 1.04. The number of methoxy groups -OCH3 is 3. The van der Waals surface area contributed by atoms with Crippen LogP contribution < -0.4 is 14.8 Å². The first kappa shape index (κ1) is 22.9. The van der Waals surface area contributed by atoms with Gasteiger partial charge in [0.25, 0.3) is 0 Å². The van der Waals surface area contributed by atoms with Gasteiger partial charge in [-0.05, 0) is 49.6 Å². The first-order valence-electron chi connectivity index (χ1n) is 9.58. The molecule has 2 N–H and O–H groups in total. The number of phenolic OH excluding ortho intramolecular Hbond substituents is 1.